The number of hydrogen-bond acceptors (Lipinski definition) is 4. The Hall–Kier alpha value is -2.07. The van der Waals surface area contributed by atoms with Crippen molar-refractivity contribution in [1.29, 1.82) is 0 Å². The highest BCUT2D eigenvalue weighted by Gasteiger charge is 2.18. The summed E-state index contributed by atoms with van der Waals surface area (Å²) in [5.74, 6) is 2.06. The van der Waals surface area contributed by atoms with E-state index in [1.807, 2.05) is 24.4 Å². The average Bonchev–Trinajstić information content (AvgIpc) is 2.68. The van der Waals surface area contributed by atoms with Gasteiger partial charge in [0, 0.05) is 19.3 Å². The normalized spacial score (nSPS) is 14.9. The number of rotatable bonds is 2. The first-order chi connectivity index (χ1) is 13.1. The smallest absolute Gasteiger partial charge is 0.128 e. The molecule has 1 aromatic heterocycles. The van der Waals surface area contributed by atoms with E-state index < -0.39 is 0 Å². The summed E-state index contributed by atoms with van der Waals surface area (Å²) >= 11 is 0. The van der Waals surface area contributed by atoms with Gasteiger partial charge in [0.25, 0.3) is 0 Å². The number of anilines is 1. The molecule has 0 aliphatic carbocycles. The van der Waals surface area contributed by atoms with E-state index in [0.29, 0.717) is 0 Å². The molecule has 1 saturated heterocycles. The first-order valence-electron chi connectivity index (χ1n) is 10.1. The van der Waals surface area contributed by atoms with E-state index in [9.17, 15) is 0 Å². The van der Waals surface area contributed by atoms with E-state index >= 15 is 0 Å². The van der Waals surface area contributed by atoms with Crippen molar-refractivity contribution in [3.8, 4) is 5.75 Å². The molecule has 0 unspecified atom stereocenters. The molecule has 4 heteroatoms. The standard InChI is InChI=1S/C13H20N2O.C11H16O/c1-13(2,3)11-4-5-14-12(10-11)15-6-8-16-9-7-15;1-11(2,3)9-7-5-6-8-10(9)12-4/h4-5,10H,6-9H2,1-3H3;5-8H,1-4H3. The molecule has 0 saturated carbocycles. The Morgan fingerprint density at radius 3 is 2.11 bits per heavy atom. The Bertz CT molecular complexity index is 739. The molecule has 2 aromatic rings. The number of para-hydroxylation sites is 1. The van der Waals surface area contributed by atoms with Gasteiger partial charge in [-0.05, 0) is 40.2 Å². The molecule has 0 amide bonds. The Kier molecular flexibility index (Phi) is 7.48. The first-order valence-corrected chi connectivity index (χ1v) is 10.1. The molecule has 2 heterocycles. The van der Waals surface area contributed by atoms with E-state index in [4.69, 9.17) is 9.47 Å². The van der Waals surface area contributed by atoms with Crippen LogP contribution in [0.4, 0.5) is 5.82 Å². The predicted molar refractivity (Wildman–Crippen MR) is 118 cm³/mol. The Labute approximate surface area is 170 Å². The van der Waals surface area contributed by atoms with Gasteiger partial charge in [-0.2, -0.15) is 0 Å². The molecular formula is C24H36N2O2. The minimum absolute atomic E-state index is 0.159. The fraction of sp³-hybridized carbons (Fsp3) is 0.542. The van der Waals surface area contributed by atoms with Gasteiger partial charge in [0.05, 0.1) is 20.3 Å². The lowest BCUT2D eigenvalue weighted by molar-refractivity contribution is 0.122. The van der Waals surface area contributed by atoms with Crippen molar-refractivity contribution in [2.75, 3.05) is 38.3 Å². The third kappa shape index (κ3) is 6.23. The maximum absolute atomic E-state index is 5.35. The molecule has 154 valence electrons. The fourth-order valence-electron chi connectivity index (χ4n) is 3.11. The molecule has 1 aliphatic rings. The van der Waals surface area contributed by atoms with Crippen LogP contribution in [0.3, 0.4) is 0 Å². The zero-order valence-electron chi connectivity index (χ0n) is 18.6. The Morgan fingerprint density at radius 2 is 1.57 bits per heavy atom. The summed E-state index contributed by atoms with van der Waals surface area (Å²) in [5, 5.41) is 0. The van der Waals surface area contributed by atoms with Gasteiger partial charge in [-0.1, -0.05) is 59.7 Å². The molecule has 0 atom stereocenters. The van der Waals surface area contributed by atoms with E-state index in [1.165, 1.54) is 11.1 Å². The number of aromatic nitrogens is 1. The predicted octanol–water partition coefficient (Wildman–Crippen LogP) is 5.21. The van der Waals surface area contributed by atoms with Crippen LogP contribution in [-0.4, -0.2) is 38.4 Å². The van der Waals surface area contributed by atoms with Crippen molar-refractivity contribution in [2.45, 2.75) is 52.4 Å². The minimum Gasteiger partial charge on any atom is -0.496 e. The van der Waals surface area contributed by atoms with Crippen LogP contribution in [-0.2, 0) is 15.6 Å². The highest BCUT2D eigenvalue weighted by atomic mass is 16.5. The summed E-state index contributed by atoms with van der Waals surface area (Å²) in [5.41, 5.74) is 2.94. The van der Waals surface area contributed by atoms with E-state index in [0.717, 1.165) is 37.9 Å². The summed E-state index contributed by atoms with van der Waals surface area (Å²) in [7, 11) is 1.71. The third-order valence-corrected chi connectivity index (χ3v) is 4.86. The maximum atomic E-state index is 5.35. The van der Waals surface area contributed by atoms with Gasteiger partial charge in [0.1, 0.15) is 11.6 Å². The number of methoxy groups -OCH3 is 1. The van der Waals surface area contributed by atoms with Crippen LogP contribution in [0, 0.1) is 0 Å². The van der Waals surface area contributed by atoms with E-state index in [1.54, 1.807) is 7.11 Å². The number of hydrogen-bond donors (Lipinski definition) is 0. The highest BCUT2D eigenvalue weighted by Crippen LogP contribution is 2.30. The van der Waals surface area contributed by atoms with Gasteiger partial charge in [-0.15, -0.1) is 0 Å². The zero-order valence-corrected chi connectivity index (χ0v) is 18.6. The van der Waals surface area contributed by atoms with Crippen LogP contribution in [0.5, 0.6) is 5.75 Å². The van der Waals surface area contributed by atoms with Gasteiger partial charge < -0.3 is 14.4 Å². The molecule has 1 fully saturated rings. The molecule has 1 aromatic carbocycles. The van der Waals surface area contributed by atoms with Gasteiger partial charge >= 0.3 is 0 Å². The minimum atomic E-state index is 0.159. The number of nitrogens with zero attached hydrogens (tertiary/aromatic N) is 2. The molecule has 3 rings (SSSR count). The van der Waals surface area contributed by atoms with Crippen molar-refractivity contribution >= 4 is 5.82 Å². The second-order valence-electron chi connectivity index (χ2n) is 9.20. The summed E-state index contributed by atoms with van der Waals surface area (Å²) in [6.07, 6.45) is 1.91. The van der Waals surface area contributed by atoms with Crippen molar-refractivity contribution in [3.63, 3.8) is 0 Å². The maximum Gasteiger partial charge on any atom is 0.128 e. The quantitative estimate of drug-likeness (QED) is 0.712. The molecule has 0 bridgehead atoms. The summed E-state index contributed by atoms with van der Waals surface area (Å²) < 4.78 is 10.6. The average molecular weight is 385 g/mol. The molecule has 1 aliphatic heterocycles. The number of benzene rings is 1. The van der Waals surface area contributed by atoms with Gasteiger partial charge in [0.15, 0.2) is 0 Å². The summed E-state index contributed by atoms with van der Waals surface area (Å²) in [6, 6.07) is 12.5. The number of ether oxygens (including phenoxy) is 2. The molecule has 28 heavy (non-hydrogen) atoms. The second kappa shape index (κ2) is 9.42. The van der Waals surface area contributed by atoms with Crippen molar-refractivity contribution in [3.05, 3.63) is 53.7 Å². The van der Waals surface area contributed by atoms with E-state index in [-0.39, 0.29) is 10.8 Å². The Morgan fingerprint density at radius 1 is 0.929 bits per heavy atom. The summed E-state index contributed by atoms with van der Waals surface area (Å²) in [6.45, 7) is 16.7. The van der Waals surface area contributed by atoms with Crippen molar-refractivity contribution in [1.82, 2.24) is 4.98 Å². The lowest BCUT2D eigenvalue weighted by Crippen LogP contribution is -2.36. The molecule has 0 radical (unpaired) electrons. The second-order valence-corrected chi connectivity index (χ2v) is 9.20. The lowest BCUT2D eigenvalue weighted by Gasteiger charge is -2.29. The monoisotopic (exact) mass is 384 g/mol. The van der Waals surface area contributed by atoms with Gasteiger partial charge in [0.2, 0.25) is 0 Å². The van der Waals surface area contributed by atoms with Gasteiger partial charge in [-0.3, -0.25) is 0 Å². The first kappa shape index (κ1) is 22.2. The largest absolute Gasteiger partial charge is 0.496 e. The zero-order chi connectivity index (χ0) is 20.8. The Balaban J connectivity index is 0.000000209. The number of morpholine rings is 1. The van der Waals surface area contributed by atoms with Crippen molar-refractivity contribution in [2.24, 2.45) is 0 Å². The van der Waals surface area contributed by atoms with Crippen LogP contribution >= 0.6 is 0 Å². The number of pyridine rings is 1. The lowest BCUT2D eigenvalue weighted by atomic mass is 9.86. The summed E-state index contributed by atoms with van der Waals surface area (Å²) in [4.78, 5) is 6.74. The van der Waals surface area contributed by atoms with Crippen LogP contribution in [0.1, 0.15) is 52.7 Å². The molecule has 4 nitrogen and oxygen atoms in total. The third-order valence-electron chi connectivity index (χ3n) is 4.86. The molecule has 0 spiro atoms. The van der Waals surface area contributed by atoms with Gasteiger partial charge in [-0.25, -0.2) is 4.98 Å². The van der Waals surface area contributed by atoms with Crippen molar-refractivity contribution < 1.29 is 9.47 Å². The topological polar surface area (TPSA) is 34.6 Å². The van der Waals surface area contributed by atoms with Crippen LogP contribution in [0.2, 0.25) is 0 Å². The van der Waals surface area contributed by atoms with E-state index in [2.05, 4.69) is 69.6 Å². The van der Waals surface area contributed by atoms with Crippen LogP contribution in [0.15, 0.2) is 42.6 Å². The fourth-order valence-corrected chi connectivity index (χ4v) is 3.11. The van der Waals surface area contributed by atoms with Crippen LogP contribution < -0.4 is 9.64 Å². The highest BCUT2D eigenvalue weighted by molar-refractivity contribution is 5.43. The molecule has 0 N–H and O–H groups in total. The SMILES string of the molecule is CC(C)(C)c1ccnc(N2CCOCC2)c1.COc1ccccc1C(C)(C)C. The molecular weight excluding hydrogens is 348 g/mol. The van der Waals surface area contributed by atoms with Crippen LogP contribution in [0.25, 0.3) is 0 Å².